The quantitative estimate of drug-likeness (QED) is 0.0333. The van der Waals surface area contributed by atoms with Crippen molar-refractivity contribution in [3.8, 4) is 57.5 Å². The van der Waals surface area contributed by atoms with E-state index in [0.29, 0.717) is 60.6 Å². The van der Waals surface area contributed by atoms with Gasteiger partial charge in [0.2, 0.25) is 54.5 Å². The first-order valence-electron chi connectivity index (χ1n) is 22.4. The number of carbonyl (C=O) groups excluding carboxylic acids is 6. The van der Waals surface area contributed by atoms with E-state index in [4.69, 9.17) is 57.4 Å². The van der Waals surface area contributed by atoms with Gasteiger partial charge in [-0.05, 0) is 112 Å². The van der Waals surface area contributed by atoms with Crippen LogP contribution in [0.5, 0.6) is 57.5 Å². The molecule has 3 heterocycles. The number of aromatic hydroxyl groups is 4. The zero-order valence-electron chi connectivity index (χ0n) is 39.1. The lowest BCUT2D eigenvalue weighted by Crippen LogP contribution is -2.27. The van der Waals surface area contributed by atoms with Crippen LogP contribution < -0.4 is 55.4 Å². The van der Waals surface area contributed by atoms with Gasteiger partial charge in [-0.25, -0.2) is 0 Å². The largest absolute Gasteiger partial charge is 0.504 e. The van der Waals surface area contributed by atoms with Crippen LogP contribution in [0.1, 0.15) is 81.2 Å². The minimum absolute atomic E-state index is 0. The monoisotopic (exact) mass is 1080 g/mol. The van der Waals surface area contributed by atoms with E-state index >= 15 is 0 Å². The number of amides is 4. The van der Waals surface area contributed by atoms with Crippen LogP contribution in [0.15, 0.2) is 91.0 Å². The molecule has 0 saturated heterocycles. The number of hydrogen-bond donors (Lipinski definition) is 9. The highest BCUT2D eigenvalue weighted by atomic mass is 35.5. The van der Waals surface area contributed by atoms with Gasteiger partial charge in [0.15, 0.2) is 57.5 Å². The van der Waals surface area contributed by atoms with Crippen molar-refractivity contribution in [1.29, 1.82) is 0 Å². The van der Waals surface area contributed by atoms with Crippen molar-refractivity contribution in [2.45, 2.75) is 86.1 Å². The van der Waals surface area contributed by atoms with Gasteiger partial charge in [0, 0.05) is 71.2 Å². The van der Waals surface area contributed by atoms with Crippen molar-refractivity contribution in [3.05, 3.63) is 119 Å². The minimum atomic E-state index is -0.529. The van der Waals surface area contributed by atoms with Crippen LogP contribution in [0.3, 0.4) is 0 Å². The molecule has 0 spiro atoms. The van der Waals surface area contributed by atoms with Crippen molar-refractivity contribution in [3.63, 3.8) is 0 Å². The maximum Gasteiger partial charge on any atom is 0.231 e. The minimum Gasteiger partial charge on any atom is -0.504 e. The molecule has 0 bridgehead atoms. The highest BCUT2D eigenvalue weighted by molar-refractivity contribution is 6.66. The second kappa shape index (κ2) is 31.4. The van der Waals surface area contributed by atoms with Crippen molar-refractivity contribution in [1.82, 2.24) is 21.3 Å². The topological polar surface area (TPSA) is 313 Å². The predicted octanol–water partition coefficient (Wildman–Crippen LogP) is 6.52. The predicted molar refractivity (Wildman–Crippen MR) is 275 cm³/mol. The normalized spacial score (nSPS) is 11.5. The van der Waals surface area contributed by atoms with Crippen LogP contribution >= 0.6 is 23.2 Å². The molecule has 3 aliphatic rings. The molecule has 5 aromatic rings. The van der Waals surface area contributed by atoms with Gasteiger partial charge in [-0.15, -0.1) is 0 Å². The van der Waals surface area contributed by atoms with Gasteiger partial charge in [0.1, 0.15) is 0 Å². The first-order chi connectivity index (χ1) is 35.0. The summed E-state index contributed by atoms with van der Waals surface area (Å²) in [5, 5.41) is 47.0. The van der Waals surface area contributed by atoms with E-state index in [0.717, 1.165) is 28.2 Å². The van der Waals surface area contributed by atoms with Crippen molar-refractivity contribution < 1.29 is 77.6 Å². The third kappa shape index (κ3) is 21.5. The second-order valence-electron chi connectivity index (χ2n) is 15.7. The maximum absolute atomic E-state index is 12.0. The van der Waals surface area contributed by atoms with Crippen molar-refractivity contribution >= 4 is 57.3 Å². The Balaban J connectivity index is 0.000000289. The lowest BCUT2D eigenvalue weighted by atomic mass is 10.2. The molecule has 0 aromatic heterocycles. The Morgan fingerprint density at radius 2 is 0.653 bits per heavy atom. The van der Waals surface area contributed by atoms with Gasteiger partial charge in [-0.2, -0.15) is 0 Å². The Bertz CT molecular complexity index is 2590. The van der Waals surface area contributed by atoms with E-state index in [9.17, 15) is 49.2 Å². The average Bonchev–Trinajstić information content (AvgIpc) is 4.18. The van der Waals surface area contributed by atoms with Crippen molar-refractivity contribution in [2.75, 3.05) is 20.4 Å². The number of phenolic OH excluding ortho intramolecular Hbond substituents is 4. The number of fused-ring (bicyclic) bond motifs is 3. The smallest absolute Gasteiger partial charge is 0.231 e. The number of ether oxygens (including phenoxy) is 6. The molecule has 23 heteroatoms. The van der Waals surface area contributed by atoms with Crippen LogP contribution in [0.4, 0.5) is 0 Å². The summed E-state index contributed by atoms with van der Waals surface area (Å²) < 4.78 is 31.4. The molecule has 0 aliphatic carbocycles. The van der Waals surface area contributed by atoms with Gasteiger partial charge in [-0.3, -0.25) is 28.8 Å². The fourth-order valence-corrected chi connectivity index (χ4v) is 6.52. The number of nitrogens with two attached hydrogens (primary N) is 1. The highest BCUT2D eigenvalue weighted by Crippen LogP contribution is 2.34. The van der Waals surface area contributed by atoms with Gasteiger partial charge in [0.25, 0.3) is 0 Å². The second-order valence-corrected chi connectivity index (χ2v) is 16.6. The average molecular weight is 1080 g/mol. The van der Waals surface area contributed by atoms with E-state index < -0.39 is 10.5 Å². The standard InChI is InChI=1S/C20H20N2O6.C18H20N2O6.C8H9NO2.C4H4Cl2O2.2CH4/c23-19(21-9-13-1-3-15-17(7-13)27-11-25-15)5-6-20(24)22-10-14-2-4-16-18(8-14)28-12-26-16;21-13-3-1-11(7-15(13)23)9-19-17(25)5-6-18(26)20-10-12-2-4-14(22)16(24)8-12;9-4-6-1-2-7-8(3-6)11-5-10-7;5-3(7)1-2-4(6)8;;/h1-4,7-8H,5-6,9-12H2,(H,21,23)(H,22,24);1-4,7-8,21-24H,5-6,9-10H2,(H,19,25)(H,20,26);1-3H,4-5,9H2;1-2H2;2*1H4. The fraction of sp³-hybridized carbons (Fsp3) is 0.308. The summed E-state index contributed by atoms with van der Waals surface area (Å²) in [6.07, 6.45) is 0.302. The lowest BCUT2D eigenvalue weighted by molar-refractivity contribution is -0.126. The van der Waals surface area contributed by atoms with Crippen LogP contribution in [0.2, 0.25) is 0 Å². The van der Waals surface area contributed by atoms with Crippen molar-refractivity contribution in [2.24, 2.45) is 5.73 Å². The molecule has 5 aromatic carbocycles. The summed E-state index contributed by atoms with van der Waals surface area (Å²) in [6, 6.07) is 25.2. The molecule has 21 nitrogen and oxygen atoms in total. The third-order valence-corrected chi connectivity index (χ3v) is 10.6. The van der Waals surface area contributed by atoms with E-state index in [1.807, 2.05) is 54.6 Å². The van der Waals surface area contributed by atoms with Crippen LogP contribution in [0, 0.1) is 0 Å². The number of halogens is 2. The molecule has 3 aliphatic heterocycles. The molecule has 75 heavy (non-hydrogen) atoms. The summed E-state index contributed by atoms with van der Waals surface area (Å²) in [7, 11) is 0. The molecule has 0 atom stereocenters. The molecule has 8 rings (SSSR count). The molecular formula is C52H61Cl2N5O16. The van der Waals surface area contributed by atoms with Gasteiger partial charge >= 0.3 is 0 Å². The molecule has 10 N–H and O–H groups in total. The summed E-state index contributed by atoms with van der Waals surface area (Å²) in [5.74, 6) is 2.34. The lowest BCUT2D eigenvalue weighted by Gasteiger charge is -2.08. The maximum atomic E-state index is 12.0. The number of hydrogen-bond acceptors (Lipinski definition) is 17. The van der Waals surface area contributed by atoms with Crippen LogP contribution in [-0.2, 0) is 61.5 Å². The highest BCUT2D eigenvalue weighted by Gasteiger charge is 2.16. The van der Waals surface area contributed by atoms with E-state index in [1.54, 1.807) is 12.1 Å². The Labute approximate surface area is 443 Å². The SMILES string of the molecule is C.C.NCc1ccc2c(c1)OCO2.O=C(CCC(=O)NCc1ccc(O)c(O)c1)NCc1ccc(O)c(O)c1.O=C(CCC(=O)NCc1ccc2c(c1)OCO2)NCc1ccc2c(c1)OCO2.O=C(Cl)CCC(=O)Cl. The molecule has 404 valence electrons. The number of phenols is 4. The number of nitrogens with one attached hydrogen (secondary N) is 4. The molecule has 4 amide bonds. The first kappa shape index (κ1) is 61.2. The van der Waals surface area contributed by atoms with E-state index in [2.05, 4.69) is 21.3 Å². The summed E-state index contributed by atoms with van der Waals surface area (Å²) in [5.41, 5.74) is 9.56. The fourth-order valence-electron chi connectivity index (χ4n) is 6.33. The molecule has 0 radical (unpaired) electrons. The zero-order chi connectivity index (χ0) is 52.7. The van der Waals surface area contributed by atoms with Gasteiger partial charge in [0.05, 0.1) is 0 Å². The first-order valence-corrected chi connectivity index (χ1v) is 23.1. The summed E-state index contributed by atoms with van der Waals surface area (Å²) in [6.45, 7) is 2.36. The van der Waals surface area contributed by atoms with Crippen LogP contribution in [-0.4, -0.2) is 74.9 Å². The Morgan fingerprint density at radius 1 is 0.387 bits per heavy atom. The van der Waals surface area contributed by atoms with Crippen LogP contribution in [0.25, 0.3) is 0 Å². The Morgan fingerprint density at radius 3 is 0.947 bits per heavy atom. The Hall–Kier alpha value is -8.14. The summed E-state index contributed by atoms with van der Waals surface area (Å²) in [4.78, 5) is 67.3. The summed E-state index contributed by atoms with van der Waals surface area (Å²) >= 11 is 9.74. The van der Waals surface area contributed by atoms with Gasteiger partial charge < -0.3 is 75.8 Å². The molecule has 0 saturated carbocycles. The number of carbonyl (C=O) groups is 6. The number of rotatable bonds is 18. The van der Waals surface area contributed by atoms with E-state index in [-0.39, 0.29) is 127 Å². The molecular weight excluding hydrogens is 1020 g/mol. The molecule has 0 unspecified atom stereocenters. The number of benzene rings is 5. The van der Waals surface area contributed by atoms with E-state index in [1.165, 1.54) is 24.3 Å². The molecule has 0 fully saturated rings. The van der Waals surface area contributed by atoms with Gasteiger partial charge in [-0.1, -0.05) is 45.2 Å². The Kier molecular flexibility index (Phi) is 25.6. The zero-order valence-corrected chi connectivity index (χ0v) is 40.6. The third-order valence-electron chi connectivity index (χ3n) is 10.3.